The molecule has 0 unspecified atom stereocenters. The van der Waals surface area contributed by atoms with E-state index in [0.29, 0.717) is 5.82 Å². The lowest BCUT2D eigenvalue weighted by molar-refractivity contribution is 1.18. The molecule has 2 aromatic heterocycles. The zero-order valence-corrected chi connectivity index (χ0v) is 18.2. The third-order valence-corrected chi connectivity index (χ3v) is 6.45. The molecule has 2 heterocycles. The lowest BCUT2D eigenvalue weighted by atomic mass is 10.0. The molecule has 0 amide bonds. The second-order valence-corrected chi connectivity index (χ2v) is 8.50. The van der Waals surface area contributed by atoms with Gasteiger partial charge in [-0.25, -0.2) is 4.99 Å². The normalized spacial score (nSPS) is 12.5. The number of aliphatic imine (C=N–C) groups is 1. The van der Waals surface area contributed by atoms with Gasteiger partial charge >= 0.3 is 0 Å². The van der Waals surface area contributed by atoms with Crippen molar-refractivity contribution in [1.82, 2.24) is 9.55 Å². The summed E-state index contributed by atoms with van der Waals surface area (Å²) in [4.78, 5) is 8.41. The number of benzene rings is 4. The van der Waals surface area contributed by atoms with E-state index in [2.05, 4.69) is 95.5 Å². The molecule has 0 radical (unpaired) electrons. The molecule has 1 N–H and O–H groups in total. The fourth-order valence-corrected chi connectivity index (χ4v) is 4.73. The molecule has 32 heavy (non-hydrogen) atoms. The number of allylic oxidation sites excluding steroid dienone is 1. The van der Waals surface area contributed by atoms with Crippen molar-refractivity contribution in [3.8, 4) is 0 Å². The summed E-state index contributed by atoms with van der Waals surface area (Å²) >= 11 is 0. The van der Waals surface area contributed by atoms with Crippen LogP contribution in [0.3, 0.4) is 0 Å². The standard InChI is InChI=1S/C29H23N3/c1-17(2)18(3)30-19(4)32-28-16-27-24(22-11-7-8-12-26(22)31-27)15-25(28)23-14-13-20-9-5-6-10-21(20)29(23)32/h5-16,31H,1,4H2,2-3H3. The molecule has 6 aromatic rings. The minimum absolute atomic E-state index is 0.692. The van der Waals surface area contributed by atoms with Crippen molar-refractivity contribution in [3.63, 3.8) is 0 Å². The van der Waals surface area contributed by atoms with Gasteiger partial charge in [-0.1, -0.05) is 67.8 Å². The summed E-state index contributed by atoms with van der Waals surface area (Å²) in [6.07, 6.45) is 0. The summed E-state index contributed by atoms with van der Waals surface area (Å²) in [5.41, 5.74) is 6.32. The Balaban J connectivity index is 1.81. The zero-order valence-electron chi connectivity index (χ0n) is 18.2. The maximum Gasteiger partial charge on any atom is 0.130 e. The van der Waals surface area contributed by atoms with E-state index in [0.717, 1.165) is 33.4 Å². The van der Waals surface area contributed by atoms with Crippen LogP contribution in [-0.2, 0) is 0 Å². The Morgan fingerprint density at radius 1 is 0.750 bits per heavy atom. The second kappa shape index (κ2) is 6.69. The first kappa shape index (κ1) is 18.6. The van der Waals surface area contributed by atoms with Crippen molar-refractivity contribution in [1.29, 1.82) is 0 Å². The number of aromatic amines is 1. The van der Waals surface area contributed by atoms with Gasteiger partial charge in [0.05, 0.1) is 11.0 Å². The van der Waals surface area contributed by atoms with Gasteiger partial charge < -0.3 is 4.98 Å². The summed E-state index contributed by atoms with van der Waals surface area (Å²) in [6, 6.07) is 25.9. The van der Waals surface area contributed by atoms with Gasteiger partial charge in [0.2, 0.25) is 0 Å². The number of fused-ring (bicyclic) bond motifs is 8. The van der Waals surface area contributed by atoms with Gasteiger partial charge in [-0.15, -0.1) is 0 Å². The number of aromatic nitrogens is 2. The molecule has 0 bridgehead atoms. The summed E-state index contributed by atoms with van der Waals surface area (Å²) < 4.78 is 2.20. The molecule has 3 heteroatoms. The third kappa shape index (κ3) is 2.58. The molecule has 0 saturated heterocycles. The van der Waals surface area contributed by atoms with Crippen LogP contribution in [0.4, 0.5) is 0 Å². The highest BCUT2D eigenvalue weighted by Crippen LogP contribution is 2.39. The Bertz CT molecular complexity index is 1770. The molecule has 0 saturated carbocycles. The number of nitrogens with zero attached hydrogens (tertiary/aromatic N) is 2. The molecular formula is C29H23N3. The van der Waals surface area contributed by atoms with Gasteiger partial charge in [-0.3, -0.25) is 4.57 Å². The second-order valence-electron chi connectivity index (χ2n) is 8.50. The average Bonchev–Trinajstić information content (AvgIpc) is 3.32. The number of para-hydroxylation sites is 1. The molecule has 6 rings (SSSR count). The fourth-order valence-electron chi connectivity index (χ4n) is 4.73. The van der Waals surface area contributed by atoms with E-state index in [1.807, 2.05) is 13.8 Å². The first-order valence-electron chi connectivity index (χ1n) is 10.8. The topological polar surface area (TPSA) is 33.1 Å². The summed E-state index contributed by atoms with van der Waals surface area (Å²) in [7, 11) is 0. The van der Waals surface area contributed by atoms with Crippen molar-refractivity contribution in [3.05, 3.63) is 91.5 Å². The Labute approximate surface area is 186 Å². The monoisotopic (exact) mass is 413 g/mol. The van der Waals surface area contributed by atoms with Crippen LogP contribution in [-0.4, -0.2) is 15.3 Å². The summed E-state index contributed by atoms with van der Waals surface area (Å²) in [5.74, 6) is 0.692. The minimum Gasteiger partial charge on any atom is -0.354 e. The van der Waals surface area contributed by atoms with E-state index in [-0.39, 0.29) is 0 Å². The Morgan fingerprint density at radius 3 is 2.31 bits per heavy atom. The van der Waals surface area contributed by atoms with Crippen LogP contribution < -0.4 is 0 Å². The number of H-pyrrole nitrogens is 1. The molecule has 0 aliphatic rings. The van der Waals surface area contributed by atoms with Gasteiger partial charge in [-0.2, -0.15) is 0 Å². The van der Waals surface area contributed by atoms with Crippen molar-refractivity contribution in [2.24, 2.45) is 4.99 Å². The average molecular weight is 414 g/mol. The molecular weight excluding hydrogens is 390 g/mol. The predicted molar refractivity (Wildman–Crippen MR) is 140 cm³/mol. The van der Waals surface area contributed by atoms with Crippen LogP contribution in [0.5, 0.6) is 0 Å². The molecule has 154 valence electrons. The first-order chi connectivity index (χ1) is 15.5. The van der Waals surface area contributed by atoms with Crippen LogP contribution in [0, 0.1) is 0 Å². The van der Waals surface area contributed by atoms with E-state index in [1.165, 1.54) is 32.3 Å². The summed E-state index contributed by atoms with van der Waals surface area (Å²) in [5, 5.41) is 7.27. The lowest BCUT2D eigenvalue weighted by Crippen LogP contribution is -1.99. The predicted octanol–water partition coefficient (Wildman–Crippen LogP) is 8.05. The van der Waals surface area contributed by atoms with Crippen LogP contribution in [0.25, 0.3) is 60.2 Å². The van der Waals surface area contributed by atoms with E-state index in [4.69, 9.17) is 4.99 Å². The molecule has 0 aliphatic heterocycles. The SMILES string of the molecule is C=C(C)C(C)=NC(=C)n1c2cc3[nH]c4ccccc4c3cc2c2ccc3ccccc3c21. The quantitative estimate of drug-likeness (QED) is 0.285. The van der Waals surface area contributed by atoms with Crippen molar-refractivity contribution < 1.29 is 0 Å². The van der Waals surface area contributed by atoms with Crippen LogP contribution in [0.1, 0.15) is 13.8 Å². The van der Waals surface area contributed by atoms with Gasteiger partial charge in [0.15, 0.2) is 0 Å². The highest BCUT2D eigenvalue weighted by molar-refractivity contribution is 6.23. The molecule has 0 spiro atoms. The Morgan fingerprint density at radius 2 is 1.50 bits per heavy atom. The fraction of sp³-hybridized carbons (Fsp3) is 0.0690. The third-order valence-electron chi connectivity index (χ3n) is 6.45. The van der Waals surface area contributed by atoms with E-state index in [9.17, 15) is 0 Å². The van der Waals surface area contributed by atoms with Crippen LogP contribution in [0.2, 0.25) is 0 Å². The highest BCUT2D eigenvalue weighted by Gasteiger charge is 2.17. The van der Waals surface area contributed by atoms with E-state index in [1.54, 1.807) is 0 Å². The van der Waals surface area contributed by atoms with Gasteiger partial charge in [0, 0.05) is 43.7 Å². The van der Waals surface area contributed by atoms with Crippen molar-refractivity contribution in [2.75, 3.05) is 0 Å². The van der Waals surface area contributed by atoms with Crippen molar-refractivity contribution >= 4 is 65.9 Å². The number of rotatable bonds is 3. The molecule has 0 aliphatic carbocycles. The number of nitrogens with one attached hydrogen (secondary N) is 1. The smallest absolute Gasteiger partial charge is 0.130 e. The van der Waals surface area contributed by atoms with E-state index < -0.39 is 0 Å². The van der Waals surface area contributed by atoms with Crippen molar-refractivity contribution in [2.45, 2.75) is 13.8 Å². The van der Waals surface area contributed by atoms with Gasteiger partial charge in [-0.05, 0) is 43.0 Å². The van der Waals surface area contributed by atoms with Crippen LogP contribution in [0.15, 0.2) is 96.5 Å². The molecule has 4 aromatic carbocycles. The molecule has 0 fully saturated rings. The number of hydrogen-bond acceptors (Lipinski definition) is 1. The lowest BCUT2D eigenvalue weighted by Gasteiger charge is -2.10. The largest absolute Gasteiger partial charge is 0.354 e. The molecule has 3 nitrogen and oxygen atoms in total. The van der Waals surface area contributed by atoms with Gasteiger partial charge in [0.1, 0.15) is 5.82 Å². The Hall–Kier alpha value is -4.11. The molecule has 0 atom stereocenters. The summed E-state index contributed by atoms with van der Waals surface area (Å²) in [6.45, 7) is 12.4. The van der Waals surface area contributed by atoms with Gasteiger partial charge in [0.25, 0.3) is 0 Å². The maximum atomic E-state index is 4.82. The maximum absolute atomic E-state index is 4.82. The minimum atomic E-state index is 0.692. The van der Waals surface area contributed by atoms with E-state index >= 15 is 0 Å². The zero-order chi connectivity index (χ0) is 22.0. The number of hydrogen-bond donors (Lipinski definition) is 1. The first-order valence-corrected chi connectivity index (χ1v) is 10.8. The highest BCUT2D eigenvalue weighted by atomic mass is 15.1. The van der Waals surface area contributed by atoms with Crippen LogP contribution >= 0.6 is 0 Å². The Kier molecular flexibility index (Phi) is 3.90.